The summed E-state index contributed by atoms with van der Waals surface area (Å²) in [5, 5.41) is 1.95. The van der Waals surface area contributed by atoms with Gasteiger partial charge in [0.05, 0.1) is 16.3 Å². The summed E-state index contributed by atoms with van der Waals surface area (Å²) < 4.78 is 19.8. The van der Waals surface area contributed by atoms with Crippen LogP contribution in [0.15, 0.2) is 57.6 Å². The first-order valence-corrected chi connectivity index (χ1v) is 9.34. The first-order valence-electron chi connectivity index (χ1n) is 8.46. The van der Waals surface area contributed by atoms with E-state index in [1.54, 1.807) is 34.3 Å². The molecule has 5 aromatic rings. The zero-order valence-electron chi connectivity index (χ0n) is 15.0. The fourth-order valence-corrected chi connectivity index (χ4v) is 4.16. The molecule has 4 aromatic heterocycles. The number of imidazole rings is 2. The smallest absolute Gasteiger partial charge is 0.279 e. The highest BCUT2D eigenvalue weighted by molar-refractivity contribution is 7.13. The molecule has 4 heterocycles. The van der Waals surface area contributed by atoms with E-state index < -0.39 is 11.2 Å². The molecule has 0 fully saturated rings. The van der Waals surface area contributed by atoms with E-state index in [0.717, 1.165) is 15.1 Å². The molecule has 1 aromatic carbocycles. The maximum atomic E-state index is 13.9. The van der Waals surface area contributed by atoms with E-state index >= 15 is 0 Å². The number of aryl methyl sites for hydroxylation is 1. The van der Waals surface area contributed by atoms with E-state index in [1.807, 2.05) is 17.5 Å². The van der Waals surface area contributed by atoms with Crippen molar-refractivity contribution in [2.45, 2.75) is 0 Å². The lowest BCUT2D eigenvalue weighted by molar-refractivity contribution is 0.627. The number of halogens is 1. The summed E-state index contributed by atoms with van der Waals surface area (Å²) in [5.41, 5.74) is 1.06. The molecule has 0 unspecified atom stereocenters. The fourth-order valence-electron chi connectivity index (χ4n) is 3.44. The molecule has 28 heavy (non-hydrogen) atoms. The minimum atomic E-state index is -0.450. The van der Waals surface area contributed by atoms with Crippen LogP contribution in [0.2, 0.25) is 0 Å². The van der Waals surface area contributed by atoms with E-state index in [-0.39, 0.29) is 11.5 Å². The van der Waals surface area contributed by atoms with Gasteiger partial charge in [-0.3, -0.25) is 22.9 Å². The van der Waals surface area contributed by atoms with Gasteiger partial charge >= 0.3 is 5.69 Å². The summed E-state index contributed by atoms with van der Waals surface area (Å²) in [6.45, 7) is 0. The molecule has 0 saturated heterocycles. The molecule has 0 spiro atoms. The molecule has 0 amide bonds. The number of benzene rings is 1. The highest BCUT2D eigenvalue weighted by Gasteiger charge is 2.22. The van der Waals surface area contributed by atoms with Crippen LogP contribution in [0.3, 0.4) is 0 Å². The molecule has 7 nitrogen and oxygen atoms in total. The van der Waals surface area contributed by atoms with Crippen LogP contribution in [-0.4, -0.2) is 23.1 Å². The van der Waals surface area contributed by atoms with Crippen molar-refractivity contribution < 1.29 is 4.39 Å². The lowest BCUT2D eigenvalue weighted by Gasteiger charge is -2.07. The van der Waals surface area contributed by atoms with Crippen molar-refractivity contribution in [3.05, 3.63) is 74.6 Å². The molecular formula is C19H14FN5O2S. The second-order valence-corrected chi connectivity index (χ2v) is 7.41. The average molecular weight is 395 g/mol. The van der Waals surface area contributed by atoms with Gasteiger partial charge in [-0.1, -0.05) is 12.1 Å². The van der Waals surface area contributed by atoms with Gasteiger partial charge in [0.25, 0.3) is 5.56 Å². The molecule has 0 atom stereocenters. The number of nitrogens with zero attached hydrogens (tertiary/aromatic N) is 5. The standard InChI is InChI=1S/C19H14FN5O2S/c1-22-16-15(17(26)23(2)19(22)27)24-10-13(14-7-4-8-28-14)25(18(24)21-16)12-6-3-5-11(20)9-12/h3-10H,1-2H3. The third-order valence-electron chi connectivity index (χ3n) is 4.81. The Morgan fingerprint density at radius 3 is 2.61 bits per heavy atom. The first kappa shape index (κ1) is 16.7. The second-order valence-electron chi connectivity index (χ2n) is 6.47. The van der Waals surface area contributed by atoms with Gasteiger partial charge in [-0.2, -0.15) is 4.98 Å². The normalized spacial score (nSPS) is 11.7. The molecule has 9 heteroatoms. The zero-order valence-corrected chi connectivity index (χ0v) is 15.8. The largest absolute Gasteiger partial charge is 0.332 e. The van der Waals surface area contributed by atoms with E-state index in [9.17, 15) is 14.0 Å². The number of thiophene rings is 1. The Morgan fingerprint density at radius 1 is 1.07 bits per heavy atom. The quantitative estimate of drug-likeness (QED) is 0.461. The maximum Gasteiger partial charge on any atom is 0.332 e. The Kier molecular flexibility index (Phi) is 3.44. The Balaban J connectivity index is 2.00. The molecule has 0 radical (unpaired) electrons. The highest BCUT2D eigenvalue weighted by atomic mass is 32.1. The minimum absolute atomic E-state index is 0.283. The van der Waals surface area contributed by atoms with Gasteiger partial charge in [-0.05, 0) is 29.6 Å². The lowest BCUT2D eigenvalue weighted by Crippen LogP contribution is -2.37. The van der Waals surface area contributed by atoms with Crippen molar-refractivity contribution in [2.75, 3.05) is 0 Å². The molecule has 0 bridgehead atoms. The molecule has 140 valence electrons. The Bertz CT molecular complexity index is 1490. The molecule has 0 saturated carbocycles. The Hall–Kier alpha value is -3.46. The van der Waals surface area contributed by atoms with Crippen LogP contribution in [0, 0.1) is 5.82 Å². The van der Waals surface area contributed by atoms with Crippen LogP contribution in [0.4, 0.5) is 4.39 Å². The van der Waals surface area contributed by atoms with Crippen LogP contribution in [-0.2, 0) is 14.1 Å². The van der Waals surface area contributed by atoms with E-state index in [2.05, 4.69) is 4.98 Å². The summed E-state index contributed by atoms with van der Waals surface area (Å²) >= 11 is 1.53. The Morgan fingerprint density at radius 2 is 1.89 bits per heavy atom. The van der Waals surface area contributed by atoms with Crippen molar-refractivity contribution in [1.82, 2.24) is 23.1 Å². The van der Waals surface area contributed by atoms with Crippen LogP contribution in [0.1, 0.15) is 0 Å². The topological polar surface area (TPSA) is 66.2 Å². The molecular weight excluding hydrogens is 381 g/mol. The number of hydrogen-bond acceptors (Lipinski definition) is 4. The molecule has 0 N–H and O–H groups in total. The molecule has 0 aliphatic carbocycles. The van der Waals surface area contributed by atoms with Gasteiger partial charge in [0.1, 0.15) is 5.82 Å². The number of fused-ring (bicyclic) bond motifs is 3. The van der Waals surface area contributed by atoms with Crippen LogP contribution < -0.4 is 11.2 Å². The zero-order chi connectivity index (χ0) is 19.6. The van der Waals surface area contributed by atoms with Crippen molar-refractivity contribution in [1.29, 1.82) is 0 Å². The van der Waals surface area contributed by atoms with Gasteiger partial charge < -0.3 is 0 Å². The number of hydrogen-bond donors (Lipinski definition) is 0. The number of rotatable bonds is 2. The van der Waals surface area contributed by atoms with Crippen molar-refractivity contribution in [2.24, 2.45) is 14.1 Å². The third-order valence-corrected chi connectivity index (χ3v) is 5.70. The predicted octanol–water partition coefficient (Wildman–Crippen LogP) is 2.54. The van der Waals surface area contributed by atoms with Crippen LogP contribution in [0.25, 0.3) is 33.2 Å². The summed E-state index contributed by atoms with van der Waals surface area (Å²) in [6.07, 6.45) is 1.80. The lowest BCUT2D eigenvalue weighted by atomic mass is 10.3. The second kappa shape index (κ2) is 5.77. The monoisotopic (exact) mass is 395 g/mol. The molecule has 5 rings (SSSR count). The summed E-state index contributed by atoms with van der Waals surface area (Å²) in [6, 6.07) is 10.1. The number of aromatic nitrogens is 5. The van der Waals surface area contributed by atoms with E-state index in [0.29, 0.717) is 17.0 Å². The fraction of sp³-hybridized carbons (Fsp3) is 0.105. The Labute approximate surface area is 161 Å². The van der Waals surface area contributed by atoms with E-state index in [1.165, 1.54) is 35.1 Å². The highest BCUT2D eigenvalue weighted by Crippen LogP contribution is 2.31. The van der Waals surface area contributed by atoms with Gasteiger partial charge in [0, 0.05) is 20.3 Å². The molecule has 0 aliphatic heterocycles. The minimum Gasteiger partial charge on any atom is -0.279 e. The first-order chi connectivity index (χ1) is 13.5. The van der Waals surface area contributed by atoms with Gasteiger partial charge in [-0.25, -0.2) is 9.18 Å². The average Bonchev–Trinajstić information content (AvgIpc) is 3.39. The van der Waals surface area contributed by atoms with Crippen molar-refractivity contribution in [3.8, 4) is 16.3 Å². The van der Waals surface area contributed by atoms with Crippen LogP contribution >= 0.6 is 11.3 Å². The maximum absolute atomic E-state index is 13.9. The third kappa shape index (κ3) is 2.16. The van der Waals surface area contributed by atoms with Crippen LogP contribution in [0.5, 0.6) is 0 Å². The van der Waals surface area contributed by atoms with Gasteiger partial charge in [0.2, 0.25) is 5.78 Å². The van der Waals surface area contributed by atoms with Gasteiger partial charge in [-0.15, -0.1) is 11.3 Å². The SMILES string of the molecule is Cn1c(=O)c2c(nc3n(-c4cccc(F)c4)c(-c4cccs4)cn23)n(C)c1=O. The summed E-state index contributed by atoms with van der Waals surface area (Å²) in [5.74, 6) is 0.0585. The predicted molar refractivity (Wildman–Crippen MR) is 106 cm³/mol. The van der Waals surface area contributed by atoms with E-state index in [4.69, 9.17) is 0 Å². The van der Waals surface area contributed by atoms with Crippen molar-refractivity contribution >= 4 is 28.3 Å². The molecule has 0 aliphatic rings. The van der Waals surface area contributed by atoms with Gasteiger partial charge in [0.15, 0.2) is 11.2 Å². The summed E-state index contributed by atoms with van der Waals surface area (Å²) in [7, 11) is 3.01. The summed E-state index contributed by atoms with van der Waals surface area (Å²) in [4.78, 5) is 30.6. The van der Waals surface area contributed by atoms with Crippen molar-refractivity contribution in [3.63, 3.8) is 0 Å².